The Balaban J connectivity index is 1.05. The highest BCUT2D eigenvalue weighted by Gasteiger charge is 2.33. The first-order valence-electron chi connectivity index (χ1n) is 18.5. The summed E-state index contributed by atoms with van der Waals surface area (Å²) in [5.41, 5.74) is 3.39. The summed E-state index contributed by atoms with van der Waals surface area (Å²) >= 11 is 0. The number of fused-ring (bicyclic) bond motifs is 1. The molecular weight excluding hydrogens is 764 g/mol. The highest BCUT2D eigenvalue weighted by atomic mass is 32.2. The van der Waals surface area contributed by atoms with E-state index in [2.05, 4.69) is 10.1 Å². The predicted octanol–water partition coefficient (Wildman–Crippen LogP) is 5.70. The highest BCUT2D eigenvalue weighted by molar-refractivity contribution is 7.92. The van der Waals surface area contributed by atoms with Gasteiger partial charge in [0.2, 0.25) is 15.8 Å². The number of anilines is 1. The first-order valence-corrected chi connectivity index (χ1v) is 20.3. The number of aliphatic hydroxyl groups excluding tert-OH is 1. The second-order valence-electron chi connectivity index (χ2n) is 13.1. The van der Waals surface area contributed by atoms with E-state index in [9.17, 15) is 32.3 Å². The molecule has 306 valence electrons. The molecular formula is C41H47FN2O12S. The number of carbonyl (C=O) groups is 3. The molecule has 0 atom stereocenters. The molecule has 1 aliphatic carbocycles. The van der Waals surface area contributed by atoms with Crippen LogP contribution < -0.4 is 9.62 Å². The number of sulfonamides is 1. The fourth-order valence-corrected chi connectivity index (χ4v) is 6.91. The summed E-state index contributed by atoms with van der Waals surface area (Å²) in [4.78, 5) is 37.0. The Labute approximate surface area is 330 Å². The van der Waals surface area contributed by atoms with Gasteiger partial charge in [0.15, 0.2) is 5.78 Å². The van der Waals surface area contributed by atoms with Crippen LogP contribution in [0.25, 0.3) is 22.3 Å². The molecule has 5 rings (SSSR count). The van der Waals surface area contributed by atoms with Gasteiger partial charge in [0.05, 0.1) is 83.5 Å². The van der Waals surface area contributed by atoms with Crippen LogP contribution in [0.3, 0.4) is 0 Å². The molecule has 16 heteroatoms. The van der Waals surface area contributed by atoms with Gasteiger partial charge in [0, 0.05) is 35.7 Å². The third-order valence-electron chi connectivity index (χ3n) is 8.87. The van der Waals surface area contributed by atoms with Crippen LogP contribution in [-0.4, -0.2) is 104 Å². The lowest BCUT2D eigenvalue weighted by Gasteiger charge is -2.25. The zero-order valence-electron chi connectivity index (χ0n) is 32.1. The number of nitrogens with one attached hydrogen (secondary N) is 1. The number of benzene rings is 3. The quantitative estimate of drug-likeness (QED) is 0.0308. The molecule has 0 spiro atoms. The number of carbonyl (C=O) groups excluding carboxylic acids is 3. The molecule has 0 unspecified atom stereocenters. The number of aliphatic hydroxyl groups is 1. The number of ether oxygens (including phenoxy) is 5. The lowest BCUT2D eigenvalue weighted by atomic mass is 10.0. The number of esters is 1. The van der Waals surface area contributed by atoms with Crippen molar-refractivity contribution in [2.75, 3.05) is 77.0 Å². The van der Waals surface area contributed by atoms with Gasteiger partial charge in [-0.15, -0.1) is 0 Å². The zero-order chi connectivity index (χ0) is 41.0. The molecule has 1 amide bonds. The lowest BCUT2D eigenvalue weighted by molar-refractivity contribution is -0.141. The fourth-order valence-electron chi connectivity index (χ4n) is 5.99. The average molecular weight is 811 g/mol. The summed E-state index contributed by atoms with van der Waals surface area (Å²) in [5, 5.41) is 12.9. The number of allylic oxidation sites excluding steroid dienone is 1. The summed E-state index contributed by atoms with van der Waals surface area (Å²) in [6, 6.07) is 15.7. The number of nitrogens with zero attached hydrogens (tertiary/aromatic N) is 1. The van der Waals surface area contributed by atoms with Crippen LogP contribution in [0.4, 0.5) is 10.1 Å². The van der Waals surface area contributed by atoms with Crippen molar-refractivity contribution in [3.05, 3.63) is 101 Å². The van der Waals surface area contributed by atoms with Gasteiger partial charge in [-0.1, -0.05) is 18.2 Å². The van der Waals surface area contributed by atoms with E-state index < -0.39 is 33.4 Å². The molecule has 3 aromatic carbocycles. The summed E-state index contributed by atoms with van der Waals surface area (Å²) in [5.74, 6) is -2.70. The normalized spacial score (nSPS) is 13.2. The number of hydrogen-bond donors (Lipinski definition) is 2. The average Bonchev–Trinajstić information content (AvgIpc) is 3.97. The monoisotopic (exact) mass is 810 g/mol. The Hall–Kier alpha value is -5.13. The van der Waals surface area contributed by atoms with Gasteiger partial charge in [-0.05, 0) is 73.2 Å². The van der Waals surface area contributed by atoms with Crippen molar-refractivity contribution in [2.24, 2.45) is 0 Å². The Morgan fingerprint density at radius 1 is 0.930 bits per heavy atom. The third kappa shape index (κ3) is 11.9. The zero-order valence-corrected chi connectivity index (χ0v) is 32.9. The maximum atomic E-state index is 13.7. The molecule has 0 saturated heterocycles. The van der Waals surface area contributed by atoms with Gasteiger partial charge in [0.1, 0.15) is 17.2 Å². The lowest BCUT2D eigenvalue weighted by Crippen LogP contribution is -2.34. The fraction of sp³-hybridized carbons (Fsp3) is 0.390. The standard InChI is InChI=1S/C41H47FN2O12S/c1-4-55-41(48)36(46)25-35(45)30-7-5-6-27(22-30)26-54-21-20-53-19-18-52-17-16-51-15-14-44(57(3,49)50)34-24-37-33(23-32(34)28-8-9-28)38(40(47)43-2)39(56-37)29-10-12-31(42)13-11-29/h5-7,10-13,22-25,28,46H,4,8-9,14-21,26H2,1-3H3,(H,43,47). The number of furan rings is 1. The predicted molar refractivity (Wildman–Crippen MR) is 209 cm³/mol. The van der Waals surface area contributed by atoms with Crippen LogP contribution in [0.2, 0.25) is 0 Å². The second kappa shape index (κ2) is 20.3. The SMILES string of the molecule is CCOC(=O)C(O)=CC(=O)c1cccc(COCCOCCOCCOCCN(c2cc3oc(-c4ccc(F)cc4)c(C(=O)NC)c3cc2C2CC2)S(C)(=O)=O)c1. The van der Waals surface area contributed by atoms with Crippen LogP contribution in [0, 0.1) is 5.82 Å². The van der Waals surface area contributed by atoms with Crippen LogP contribution in [0.5, 0.6) is 0 Å². The van der Waals surface area contributed by atoms with E-state index in [4.69, 9.17) is 23.4 Å². The largest absolute Gasteiger partial charge is 0.502 e. The maximum Gasteiger partial charge on any atom is 0.373 e. The van der Waals surface area contributed by atoms with Crippen molar-refractivity contribution in [3.8, 4) is 11.3 Å². The maximum absolute atomic E-state index is 13.7. The van der Waals surface area contributed by atoms with Crippen molar-refractivity contribution in [3.63, 3.8) is 0 Å². The minimum Gasteiger partial charge on any atom is -0.502 e. The van der Waals surface area contributed by atoms with Crippen LogP contribution in [0.15, 0.2) is 76.9 Å². The summed E-state index contributed by atoms with van der Waals surface area (Å²) in [6.07, 6.45) is 3.71. The minimum atomic E-state index is -3.75. The summed E-state index contributed by atoms with van der Waals surface area (Å²) in [7, 11) is -2.23. The number of rotatable bonds is 23. The Morgan fingerprint density at radius 2 is 1.58 bits per heavy atom. The molecule has 1 aliphatic rings. The van der Waals surface area contributed by atoms with Gasteiger partial charge >= 0.3 is 5.97 Å². The van der Waals surface area contributed by atoms with Gasteiger partial charge in [-0.25, -0.2) is 17.6 Å². The van der Waals surface area contributed by atoms with Crippen LogP contribution in [-0.2, 0) is 45.1 Å². The van der Waals surface area contributed by atoms with Crippen LogP contribution in [0.1, 0.15) is 57.5 Å². The first kappa shape index (κ1) is 43.0. The molecule has 57 heavy (non-hydrogen) atoms. The Morgan fingerprint density at radius 3 is 2.19 bits per heavy atom. The number of halogens is 1. The second-order valence-corrected chi connectivity index (χ2v) is 15.0. The summed E-state index contributed by atoms with van der Waals surface area (Å²) in [6.45, 7) is 3.74. The van der Waals surface area contributed by atoms with Gasteiger partial charge in [0.25, 0.3) is 5.91 Å². The van der Waals surface area contributed by atoms with E-state index in [-0.39, 0.29) is 62.7 Å². The van der Waals surface area contributed by atoms with Crippen molar-refractivity contribution < 1.29 is 60.4 Å². The van der Waals surface area contributed by atoms with Crippen molar-refractivity contribution in [1.29, 1.82) is 0 Å². The van der Waals surface area contributed by atoms with E-state index in [1.165, 1.54) is 35.6 Å². The molecule has 14 nitrogen and oxygen atoms in total. The molecule has 1 fully saturated rings. The van der Waals surface area contributed by atoms with E-state index in [0.29, 0.717) is 54.2 Å². The molecule has 0 bridgehead atoms. The van der Waals surface area contributed by atoms with Crippen molar-refractivity contribution in [2.45, 2.75) is 32.3 Å². The van der Waals surface area contributed by atoms with Gasteiger partial charge < -0.3 is 38.5 Å². The van der Waals surface area contributed by atoms with E-state index in [1.54, 1.807) is 37.3 Å². The minimum absolute atomic E-state index is 0.0394. The molecule has 4 aromatic rings. The van der Waals surface area contributed by atoms with Gasteiger partial charge in [-0.2, -0.15) is 0 Å². The first-order chi connectivity index (χ1) is 27.4. The molecule has 1 aromatic heterocycles. The number of amides is 1. The van der Waals surface area contributed by atoms with E-state index >= 15 is 0 Å². The van der Waals surface area contributed by atoms with Gasteiger partial charge in [-0.3, -0.25) is 13.9 Å². The Kier molecular flexibility index (Phi) is 15.3. The van der Waals surface area contributed by atoms with Crippen molar-refractivity contribution in [1.82, 2.24) is 5.32 Å². The molecule has 0 aliphatic heterocycles. The molecule has 1 heterocycles. The molecule has 2 N–H and O–H groups in total. The Bertz CT molecular complexity index is 2160. The van der Waals surface area contributed by atoms with E-state index in [0.717, 1.165) is 36.3 Å². The third-order valence-corrected chi connectivity index (χ3v) is 10.1. The van der Waals surface area contributed by atoms with E-state index in [1.807, 2.05) is 6.07 Å². The van der Waals surface area contributed by atoms with Crippen LogP contribution >= 0.6 is 0 Å². The summed E-state index contributed by atoms with van der Waals surface area (Å²) < 4.78 is 74.5. The topological polar surface area (TPSA) is 180 Å². The molecule has 1 saturated carbocycles. The smallest absolute Gasteiger partial charge is 0.373 e. The number of hydrogen-bond acceptors (Lipinski definition) is 12. The number of ketones is 1. The highest BCUT2D eigenvalue weighted by Crippen LogP contribution is 2.48. The van der Waals surface area contributed by atoms with Crippen molar-refractivity contribution >= 4 is 44.3 Å². The molecule has 0 radical (unpaired) electrons.